The van der Waals surface area contributed by atoms with E-state index in [2.05, 4.69) is 41.1 Å². The number of carbonyl (C=O) groups excluding carboxylic acids is 1. The summed E-state index contributed by atoms with van der Waals surface area (Å²) in [6.45, 7) is 3.59. The van der Waals surface area contributed by atoms with E-state index in [0.717, 1.165) is 30.8 Å². The molecule has 2 aromatic carbocycles. The summed E-state index contributed by atoms with van der Waals surface area (Å²) in [4.78, 5) is 21.1. The largest absolute Gasteiger partial charge is 0.342 e. The van der Waals surface area contributed by atoms with E-state index in [0.29, 0.717) is 12.1 Å². The molecular formula is C24H27N3O. The van der Waals surface area contributed by atoms with Gasteiger partial charge in [0.1, 0.15) is 0 Å². The number of hydrogen-bond acceptors (Lipinski definition) is 3. The molecule has 0 saturated carbocycles. The van der Waals surface area contributed by atoms with E-state index in [1.807, 2.05) is 55.7 Å². The monoisotopic (exact) mass is 373 g/mol. The van der Waals surface area contributed by atoms with Gasteiger partial charge >= 0.3 is 0 Å². The van der Waals surface area contributed by atoms with Crippen LogP contribution in [0.5, 0.6) is 0 Å². The van der Waals surface area contributed by atoms with Crippen LogP contribution in [0.1, 0.15) is 35.7 Å². The van der Waals surface area contributed by atoms with Crippen molar-refractivity contribution in [2.45, 2.75) is 26.3 Å². The highest BCUT2D eigenvalue weighted by molar-refractivity contribution is 5.94. The molecule has 0 spiro atoms. The standard InChI is InChI=1S/C24H27N3O/c1-3-4-15-26(2)24(28)21-16-23(18-25-17-21)27(22-13-9-6-10-14-22)19-20-11-7-5-8-12-20/h5-14,16-18H,3-4,15,19H2,1-2H3. The van der Waals surface area contributed by atoms with E-state index in [1.165, 1.54) is 5.56 Å². The predicted octanol–water partition coefficient (Wildman–Crippen LogP) is 5.29. The van der Waals surface area contributed by atoms with Crippen molar-refractivity contribution in [2.75, 3.05) is 18.5 Å². The third kappa shape index (κ3) is 4.97. The highest BCUT2D eigenvalue weighted by Crippen LogP contribution is 2.27. The maximum atomic E-state index is 12.8. The number of aromatic nitrogens is 1. The molecule has 4 heteroatoms. The second-order valence-electron chi connectivity index (χ2n) is 6.92. The van der Waals surface area contributed by atoms with Crippen LogP contribution in [0.2, 0.25) is 0 Å². The van der Waals surface area contributed by atoms with E-state index < -0.39 is 0 Å². The molecule has 4 nitrogen and oxygen atoms in total. The van der Waals surface area contributed by atoms with E-state index in [-0.39, 0.29) is 5.91 Å². The van der Waals surface area contributed by atoms with Crippen molar-refractivity contribution in [1.29, 1.82) is 0 Å². The molecule has 28 heavy (non-hydrogen) atoms. The first-order valence-corrected chi connectivity index (χ1v) is 9.76. The fraction of sp³-hybridized carbons (Fsp3) is 0.250. The number of unbranched alkanes of at least 4 members (excludes halogenated alkanes) is 1. The van der Waals surface area contributed by atoms with Gasteiger partial charge in [-0.05, 0) is 30.2 Å². The van der Waals surface area contributed by atoms with Gasteiger partial charge in [-0.1, -0.05) is 61.9 Å². The van der Waals surface area contributed by atoms with Crippen LogP contribution in [-0.4, -0.2) is 29.4 Å². The molecule has 0 saturated heterocycles. The van der Waals surface area contributed by atoms with Crippen molar-refractivity contribution < 1.29 is 4.79 Å². The average molecular weight is 374 g/mol. The molecule has 0 bridgehead atoms. The minimum atomic E-state index is 0.00974. The topological polar surface area (TPSA) is 36.4 Å². The number of rotatable bonds is 8. The van der Waals surface area contributed by atoms with Crippen molar-refractivity contribution in [3.63, 3.8) is 0 Å². The molecule has 1 aromatic heterocycles. The Balaban J connectivity index is 1.91. The van der Waals surface area contributed by atoms with Crippen LogP contribution in [0.4, 0.5) is 11.4 Å². The molecule has 0 atom stereocenters. The zero-order valence-electron chi connectivity index (χ0n) is 16.6. The first kappa shape index (κ1) is 19.6. The van der Waals surface area contributed by atoms with E-state index in [4.69, 9.17) is 0 Å². The van der Waals surface area contributed by atoms with Gasteiger partial charge in [-0.3, -0.25) is 9.78 Å². The Bertz CT molecular complexity index is 881. The van der Waals surface area contributed by atoms with E-state index in [1.54, 1.807) is 11.1 Å². The first-order valence-electron chi connectivity index (χ1n) is 9.76. The summed E-state index contributed by atoms with van der Waals surface area (Å²) in [6.07, 6.45) is 5.53. The Morgan fingerprint density at radius 1 is 0.929 bits per heavy atom. The number of amides is 1. The fourth-order valence-corrected chi connectivity index (χ4v) is 3.12. The molecule has 0 fully saturated rings. The normalized spacial score (nSPS) is 10.5. The SMILES string of the molecule is CCCCN(C)C(=O)c1cncc(N(Cc2ccccc2)c2ccccc2)c1. The fourth-order valence-electron chi connectivity index (χ4n) is 3.12. The second kappa shape index (κ2) is 9.70. The number of nitrogens with zero attached hydrogens (tertiary/aromatic N) is 3. The summed E-state index contributed by atoms with van der Waals surface area (Å²) in [7, 11) is 1.85. The number of pyridine rings is 1. The molecule has 3 aromatic rings. The van der Waals surface area contributed by atoms with Gasteiger partial charge in [-0.25, -0.2) is 0 Å². The van der Waals surface area contributed by atoms with Gasteiger partial charge in [0.2, 0.25) is 0 Å². The van der Waals surface area contributed by atoms with Crippen LogP contribution in [0, 0.1) is 0 Å². The lowest BCUT2D eigenvalue weighted by molar-refractivity contribution is 0.0793. The lowest BCUT2D eigenvalue weighted by atomic mass is 10.1. The van der Waals surface area contributed by atoms with Gasteiger partial charge in [-0.15, -0.1) is 0 Å². The number of carbonyl (C=O) groups is 1. The zero-order chi connectivity index (χ0) is 19.8. The summed E-state index contributed by atoms with van der Waals surface area (Å²) >= 11 is 0. The van der Waals surface area contributed by atoms with Gasteiger partial charge in [0.05, 0.1) is 17.4 Å². The van der Waals surface area contributed by atoms with Crippen molar-refractivity contribution >= 4 is 17.3 Å². The van der Waals surface area contributed by atoms with Crippen LogP contribution in [-0.2, 0) is 6.54 Å². The minimum absolute atomic E-state index is 0.00974. The lowest BCUT2D eigenvalue weighted by Gasteiger charge is -2.26. The second-order valence-corrected chi connectivity index (χ2v) is 6.92. The molecule has 0 aliphatic rings. The van der Waals surface area contributed by atoms with Crippen molar-refractivity contribution in [1.82, 2.24) is 9.88 Å². The number of benzene rings is 2. The van der Waals surface area contributed by atoms with E-state index in [9.17, 15) is 4.79 Å². The van der Waals surface area contributed by atoms with Crippen LogP contribution < -0.4 is 4.90 Å². The summed E-state index contributed by atoms with van der Waals surface area (Å²) in [6, 6.07) is 22.5. The molecule has 144 valence electrons. The summed E-state index contributed by atoms with van der Waals surface area (Å²) in [5.74, 6) is 0.00974. The molecule has 0 aliphatic heterocycles. The smallest absolute Gasteiger partial charge is 0.255 e. The Labute approximate surface area is 167 Å². The molecule has 1 heterocycles. The third-order valence-corrected chi connectivity index (χ3v) is 4.73. The average Bonchev–Trinajstić information content (AvgIpc) is 2.76. The van der Waals surface area contributed by atoms with Crippen LogP contribution >= 0.6 is 0 Å². The van der Waals surface area contributed by atoms with Crippen molar-refractivity contribution in [2.24, 2.45) is 0 Å². The van der Waals surface area contributed by atoms with Crippen LogP contribution in [0.3, 0.4) is 0 Å². The quantitative estimate of drug-likeness (QED) is 0.538. The van der Waals surface area contributed by atoms with Crippen molar-refractivity contribution in [3.05, 3.63) is 90.3 Å². The molecule has 0 aliphatic carbocycles. The predicted molar refractivity (Wildman–Crippen MR) is 115 cm³/mol. The molecule has 3 rings (SSSR count). The Morgan fingerprint density at radius 2 is 1.61 bits per heavy atom. The highest BCUT2D eigenvalue weighted by atomic mass is 16.2. The van der Waals surface area contributed by atoms with Crippen molar-refractivity contribution in [3.8, 4) is 0 Å². The maximum absolute atomic E-state index is 12.8. The summed E-state index contributed by atoms with van der Waals surface area (Å²) in [5, 5.41) is 0. The molecule has 1 amide bonds. The van der Waals surface area contributed by atoms with Gasteiger partial charge in [0.25, 0.3) is 5.91 Å². The number of anilines is 2. The third-order valence-electron chi connectivity index (χ3n) is 4.73. The van der Waals surface area contributed by atoms with Gasteiger partial charge in [0, 0.05) is 32.0 Å². The number of hydrogen-bond donors (Lipinski definition) is 0. The van der Waals surface area contributed by atoms with E-state index >= 15 is 0 Å². The molecule has 0 radical (unpaired) electrons. The zero-order valence-corrected chi connectivity index (χ0v) is 16.6. The lowest BCUT2D eigenvalue weighted by Crippen LogP contribution is -2.28. The van der Waals surface area contributed by atoms with Gasteiger partial charge in [-0.2, -0.15) is 0 Å². The van der Waals surface area contributed by atoms with Gasteiger partial charge in [0.15, 0.2) is 0 Å². The Kier molecular flexibility index (Phi) is 6.79. The summed E-state index contributed by atoms with van der Waals surface area (Å²) < 4.78 is 0. The molecule has 0 N–H and O–H groups in total. The highest BCUT2D eigenvalue weighted by Gasteiger charge is 2.16. The summed E-state index contributed by atoms with van der Waals surface area (Å²) in [5.41, 5.74) is 3.79. The number of para-hydroxylation sites is 1. The Morgan fingerprint density at radius 3 is 2.29 bits per heavy atom. The molecule has 0 unspecified atom stereocenters. The van der Waals surface area contributed by atoms with Crippen LogP contribution in [0.25, 0.3) is 0 Å². The minimum Gasteiger partial charge on any atom is -0.342 e. The molecular weight excluding hydrogens is 346 g/mol. The van der Waals surface area contributed by atoms with Crippen LogP contribution in [0.15, 0.2) is 79.1 Å². The maximum Gasteiger partial charge on any atom is 0.255 e. The first-order chi connectivity index (χ1) is 13.7. The van der Waals surface area contributed by atoms with Gasteiger partial charge < -0.3 is 9.80 Å². The Hall–Kier alpha value is -3.14.